The highest BCUT2D eigenvalue weighted by Gasteiger charge is 2.27. The number of nitrogens with one attached hydrogen (secondary N) is 1. The van der Waals surface area contributed by atoms with Crippen molar-refractivity contribution >= 4 is 17.1 Å². The summed E-state index contributed by atoms with van der Waals surface area (Å²) < 4.78 is 0. The molecule has 98 valence electrons. The highest BCUT2D eigenvalue weighted by molar-refractivity contribution is 5.91. The van der Waals surface area contributed by atoms with Gasteiger partial charge in [0.05, 0.1) is 11.4 Å². The van der Waals surface area contributed by atoms with Crippen molar-refractivity contribution in [3.05, 3.63) is 23.3 Å². The van der Waals surface area contributed by atoms with Gasteiger partial charge in [-0.1, -0.05) is 13.8 Å². The second-order valence-electron chi connectivity index (χ2n) is 5.70. The number of benzene rings is 1. The Morgan fingerprint density at radius 2 is 1.89 bits per heavy atom. The van der Waals surface area contributed by atoms with Crippen LogP contribution in [0.3, 0.4) is 0 Å². The molecule has 1 aromatic rings. The summed E-state index contributed by atoms with van der Waals surface area (Å²) in [7, 11) is 0. The minimum Gasteiger partial charge on any atom is -0.378 e. The first-order valence-corrected chi connectivity index (χ1v) is 6.93. The fourth-order valence-electron chi connectivity index (χ4n) is 2.44. The zero-order valence-electron chi connectivity index (χ0n) is 12.2. The second kappa shape index (κ2) is 4.75. The SMILES string of the molecule is CCC1=Nc2cc(C)c(C)cc2NC(C)(CC)C1. The minimum atomic E-state index is 0.127. The Balaban J connectivity index is 2.54. The first-order chi connectivity index (χ1) is 8.47. The summed E-state index contributed by atoms with van der Waals surface area (Å²) in [6.45, 7) is 11.0. The van der Waals surface area contributed by atoms with Gasteiger partial charge in [0.1, 0.15) is 0 Å². The molecule has 0 amide bonds. The van der Waals surface area contributed by atoms with Crippen LogP contribution >= 0.6 is 0 Å². The maximum Gasteiger partial charge on any atom is 0.0863 e. The lowest BCUT2D eigenvalue weighted by molar-refractivity contribution is 0.514. The molecule has 1 aliphatic rings. The van der Waals surface area contributed by atoms with Crippen molar-refractivity contribution in [2.24, 2.45) is 4.99 Å². The smallest absolute Gasteiger partial charge is 0.0863 e. The fourth-order valence-corrected chi connectivity index (χ4v) is 2.44. The average molecular weight is 244 g/mol. The van der Waals surface area contributed by atoms with E-state index in [1.807, 2.05) is 0 Å². The van der Waals surface area contributed by atoms with E-state index >= 15 is 0 Å². The number of hydrogen-bond acceptors (Lipinski definition) is 2. The van der Waals surface area contributed by atoms with E-state index in [0.29, 0.717) is 0 Å². The van der Waals surface area contributed by atoms with Crippen LogP contribution in [0.2, 0.25) is 0 Å². The molecule has 2 heteroatoms. The van der Waals surface area contributed by atoms with Gasteiger partial charge in [-0.05, 0) is 56.9 Å². The van der Waals surface area contributed by atoms with Crippen LogP contribution in [0.5, 0.6) is 0 Å². The van der Waals surface area contributed by atoms with E-state index in [1.165, 1.54) is 22.5 Å². The molecule has 1 atom stereocenters. The number of hydrogen-bond donors (Lipinski definition) is 1. The number of aryl methyl sites for hydroxylation is 2. The van der Waals surface area contributed by atoms with E-state index in [4.69, 9.17) is 4.99 Å². The third kappa shape index (κ3) is 2.43. The average Bonchev–Trinajstić information content (AvgIpc) is 2.47. The number of fused-ring (bicyclic) bond motifs is 1. The normalized spacial score (nSPS) is 22.8. The largest absolute Gasteiger partial charge is 0.378 e. The molecule has 0 saturated carbocycles. The highest BCUT2D eigenvalue weighted by atomic mass is 15.0. The number of nitrogens with zero attached hydrogens (tertiary/aromatic N) is 1. The van der Waals surface area contributed by atoms with Gasteiger partial charge in [-0.2, -0.15) is 0 Å². The molecule has 0 aromatic heterocycles. The van der Waals surface area contributed by atoms with Crippen molar-refractivity contribution in [2.75, 3.05) is 5.32 Å². The molecule has 1 aromatic carbocycles. The number of rotatable bonds is 2. The first-order valence-electron chi connectivity index (χ1n) is 6.93. The predicted octanol–water partition coefficient (Wildman–Crippen LogP) is 4.77. The Kier molecular flexibility index (Phi) is 3.47. The van der Waals surface area contributed by atoms with Gasteiger partial charge in [-0.3, -0.25) is 4.99 Å². The topological polar surface area (TPSA) is 24.4 Å². The van der Waals surface area contributed by atoms with Gasteiger partial charge in [0, 0.05) is 17.7 Å². The van der Waals surface area contributed by atoms with Gasteiger partial charge in [0.2, 0.25) is 0 Å². The zero-order valence-corrected chi connectivity index (χ0v) is 12.2. The Labute approximate surface area is 111 Å². The van der Waals surface area contributed by atoms with E-state index in [0.717, 1.165) is 24.9 Å². The Morgan fingerprint density at radius 1 is 1.22 bits per heavy atom. The Bertz CT molecular complexity index is 488. The molecule has 0 radical (unpaired) electrons. The van der Waals surface area contributed by atoms with Crippen molar-refractivity contribution in [1.82, 2.24) is 0 Å². The van der Waals surface area contributed by atoms with Gasteiger partial charge < -0.3 is 5.32 Å². The van der Waals surface area contributed by atoms with Crippen LogP contribution in [-0.4, -0.2) is 11.3 Å². The van der Waals surface area contributed by atoms with Crippen molar-refractivity contribution in [2.45, 2.75) is 59.4 Å². The maximum absolute atomic E-state index is 4.86. The van der Waals surface area contributed by atoms with E-state index in [1.54, 1.807) is 0 Å². The predicted molar refractivity (Wildman–Crippen MR) is 80.2 cm³/mol. The molecule has 1 heterocycles. The van der Waals surface area contributed by atoms with E-state index < -0.39 is 0 Å². The quantitative estimate of drug-likeness (QED) is 0.796. The zero-order chi connectivity index (χ0) is 13.3. The third-order valence-corrected chi connectivity index (χ3v) is 4.11. The molecular weight excluding hydrogens is 220 g/mol. The summed E-state index contributed by atoms with van der Waals surface area (Å²) in [4.78, 5) is 4.86. The summed E-state index contributed by atoms with van der Waals surface area (Å²) in [5.74, 6) is 0. The second-order valence-corrected chi connectivity index (χ2v) is 5.70. The Morgan fingerprint density at radius 3 is 2.50 bits per heavy atom. The fraction of sp³-hybridized carbons (Fsp3) is 0.562. The van der Waals surface area contributed by atoms with Crippen molar-refractivity contribution in [3.8, 4) is 0 Å². The molecule has 0 saturated heterocycles. The summed E-state index contributed by atoms with van der Waals surface area (Å²) in [5.41, 5.74) is 6.36. The summed E-state index contributed by atoms with van der Waals surface area (Å²) in [6.07, 6.45) is 3.18. The summed E-state index contributed by atoms with van der Waals surface area (Å²) >= 11 is 0. The number of anilines is 1. The minimum absolute atomic E-state index is 0.127. The lowest BCUT2D eigenvalue weighted by Crippen LogP contribution is -2.35. The molecule has 1 unspecified atom stereocenters. The Hall–Kier alpha value is -1.31. The van der Waals surface area contributed by atoms with Gasteiger partial charge >= 0.3 is 0 Å². The van der Waals surface area contributed by atoms with Gasteiger partial charge in [0.15, 0.2) is 0 Å². The standard InChI is InChI=1S/C16H24N2/c1-6-13-10-16(5,7-2)18-15-9-12(4)11(3)8-14(15)17-13/h8-9,18H,6-7,10H2,1-5H3. The van der Waals surface area contributed by atoms with E-state index in [2.05, 4.69) is 52.1 Å². The van der Waals surface area contributed by atoms with Crippen LogP contribution in [0.1, 0.15) is 51.2 Å². The molecule has 0 spiro atoms. The third-order valence-electron chi connectivity index (χ3n) is 4.11. The molecule has 1 N–H and O–H groups in total. The highest BCUT2D eigenvalue weighted by Crippen LogP contribution is 2.36. The van der Waals surface area contributed by atoms with E-state index in [9.17, 15) is 0 Å². The monoisotopic (exact) mass is 244 g/mol. The molecule has 18 heavy (non-hydrogen) atoms. The van der Waals surface area contributed by atoms with Crippen LogP contribution in [-0.2, 0) is 0 Å². The van der Waals surface area contributed by atoms with Crippen LogP contribution < -0.4 is 5.32 Å². The van der Waals surface area contributed by atoms with Crippen LogP contribution in [0.4, 0.5) is 11.4 Å². The lowest BCUT2D eigenvalue weighted by Gasteiger charge is -2.30. The van der Waals surface area contributed by atoms with Crippen molar-refractivity contribution in [3.63, 3.8) is 0 Å². The molecule has 0 fully saturated rings. The molecule has 2 nitrogen and oxygen atoms in total. The number of aliphatic imine (C=N–C) groups is 1. The molecule has 2 rings (SSSR count). The molecule has 0 aliphatic carbocycles. The maximum atomic E-state index is 4.86. The lowest BCUT2D eigenvalue weighted by atomic mass is 9.91. The van der Waals surface area contributed by atoms with Crippen LogP contribution in [0, 0.1) is 13.8 Å². The summed E-state index contributed by atoms with van der Waals surface area (Å²) in [5, 5.41) is 3.70. The van der Waals surface area contributed by atoms with Gasteiger partial charge in [-0.15, -0.1) is 0 Å². The molecular formula is C16H24N2. The van der Waals surface area contributed by atoms with Crippen molar-refractivity contribution < 1.29 is 0 Å². The van der Waals surface area contributed by atoms with E-state index in [-0.39, 0.29) is 5.54 Å². The van der Waals surface area contributed by atoms with Gasteiger partial charge in [-0.25, -0.2) is 0 Å². The molecule has 1 aliphatic heterocycles. The van der Waals surface area contributed by atoms with Crippen molar-refractivity contribution in [1.29, 1.82) is 0 Å². The first kappa shape index (κ1) is 13.1. The molecule has 0 bridgehead atoms. The summed E-state index contributed by atoms with van der Waals surface area (Å²) in [6, 6.07) is 4.44. The van der Waals surface area contributed by atoms with Crippen LogP contribution in [0.25, 0.3) is 0 Å². The van der Waals surface area contributed by atoms with Crippen LogP contribution in [0.15, 0.2) is 17.1 Å². The van der Waals surface area contributed by atoms with Gasteiger partial charge in [0.25, 0.3) is 0 Å².